The molecule has 27 heavy (non-hydrogen) atoms. The number of carbonyl (C=O) groups is 2. The molecule has 1 fully saturated rings. The second-order valence-electron chi connectivity index (χ2n) is 6.16. The fraction of sp³-hybridized carbons (Fsp3) is 0.500. The summed E-state index contributed by atoms with van der Waals surface area (Å²) in [5.41, 5.74) is -3.76. The summed E-state index contributed by atoms with van der Waals surface area (Å²) in [5, 5.41) is 11.1. The smallest absolute Gasteiger partial charge is 0.416 e. The maximum absolute atomic E-state index is 12.8. The van der Waals surface area contributed by atoms with E-state index in [0.29, 0.717) is 37.9 Å². The van der Waals surface area contributed by atoms with Gasteiger partial charge in [0, 0.05) is 5.69 Å². The van der Waals surface area contributed by atoms with Gasteiger partial charge in [-0.15, -0.1) is 0 Å². The highest BCUT2D eigenvalue weighted by Gasteiger charge is 2.37. The zero-order valence-electron chi connectivity index (χ0n) is 13.8. The van der Waals surface area contributed by atoms with Gasteiger partial charge >= 0.3 is 18.3 Å². The van der Waals surface area contributed by atoms with Crippen molar-refractivity contribution in [1.82, 2.24) is 4.90 Å². The molecule has 150 valence electrons. The summed E-state index contributed by atoms with van der Waals surface area (Å²) in [4.78, 5) is 24.6. The van der Waals surface area contributed by atoms with Crippen molar-refractivity contribution in [1.29, 1.82) is 0 Å². The van der Waals surface area contributed by atoms with Crippen LogP contribution in [0.15, 0.2) is 18.2 Å². The van der Waals surface area contributed by atoms with Crippen LogP contribution < -0.4 is 5.32 Å². The first kappa shape index (κ1) is 21.0. The molecular formula is C16H16F6N2O3. The SMILES string of the molecule is O=C(CN1CCCCC1C(=O)O)Nc1cc(C(F)(F)F)cc(C(F)(F)F)c1. The lowest BCUT2D eigenvalue weighted by Crippen LogP contribution is -2.47. The Morgan fingerprint density at radius 2 is 1.59 bits per heavy atom. The highest BCUT2D eigenvalue weighted by Crippen LogP contribution is 2.37. The maximum atomic E-state index is 12.8. The molecule has 1 aromatic rings. The van der Waals surface area contributed by atoms with Gasteiger partial charge in [0.25, 0.3) is 0 Å². The van der Waals surface area contributed by atoms with Crippen LogP contribution >= 0.6 is 0 Å². The van der Waals surface area contributed by atoms with E-state index in [2.05, 4.69) is 0 Å². The Labute approximate surface area is 149 Å². The predicted octanol–water partition coefficient (Wildman–Crippen LogP) is 3.60. The van der Waals surface area contributed by atoms with Crippen molar-refractivity contribution in [3.63, 3.8) is 0 Å². The van der Waals surface area contributed by atoms with Gasteiger partial charge in [-0.3, -0.25) is 14.5 Å². The van der Waals surface area contributed by atoms with Gasteiger partial charge in [-0.25, -0.2) is 0 Å². The number of benzene rings is 1. The van der Waals surface area contributed by atoms with Crippen LogP contribution in [-0.2, 0) is 21.9 Å². The number of anilines is 1. The molecule has 1 amide bonds. The van der Waals surface area contributed by atoms with Gasteiger partial charge in [0.2, 0.25) is 5.91 Å². The maximum Gasteiger partial charge on any atom is 0.416 e. The lowest BCUT2D eigenvalue weighted by molar-refractivity contribution is -0.145. The minimum absolute atomic E-state index is 0.0409. The zero-order chi connectivity index (χ0) is 20.4. The third-order valence-electron chi connectivity index (χ3n) is 4.12. The molecule has 0 spiro atoms. The van der Waals surface area contributed by atoms with Gasteiger partial charge in [0.15, 0.2) is 0 Å². The molecule has 1 atom stereocenters. The minimum atomic E-state index is -5.03. The molecule has 2 rings (SSSR count). The summed E-state index contributed by atoms with van der Waals surface area (Å²) in [6, 6.07) is -0.159. The van der Waals surface area contributed by atoms with Crippen molar-refractivity contribution in [3.05, 3.63) is 29.3 Å². The molecule has 11 heteroatoms. The fourth-order valence-electron chi connectivity index (χ4n) is 2.87. The minimum Gasteiger partial charge on any atom is -0.480 e. The van der Waals surface area contributed by atoms with Crippen molar-refractivity contribution in [2.75, 3.05) is 18.4 Å². The molecule has 1 saturated heterocycles. The second kappa shape index (κ2) is 7.75. The van der Waals surface area contributed by atoms with Gasteiger partial charge < -0.3 is 10.4 Å². The lowest BCUT2D eigenvalue weighted by Gasteiger charge is -2.32. The third-order valence-corrected chi connectivity index (χ3v) is 4.12. The number of halogens is 6. The lowest BCUT2D eigenvalue weighted by atomic mass is 10.0. The molecule has 0 bridgehead atoms. The van der Waals surface area contributed by atoms with Crippen LogP contribution in [0.3, 0.4) is 0 Å². The van der Waals surface area contributed by atoms with Crippen molar-refractivity contribution in [3.8, 4) is 0 Å². The van der Waals surface area contributed by atoms with E-state index in [1.807, 2.05) is 5.32 Å². The van der Waals surface area contributed by atoms with E-state index < -0.39 is 53.6 Å². The molecule has 5 nitrogen and oxygen atoms in total. The second-order valence-corrected chi connectivity index (χ2v) is 6.16. The summed E-state index contributed by atoms with van der Waals surface area (Å²) in [5.74, 6) is -2.03. The average Bonchev–Trinajstić information content (AvgIpc) is 2.53. The number of carboxylic acid groups (broad SMARTS) is 1. The number of likely N-dealkylation sites (tertiary alicyclic amines) is 1. The Balaban J connectivity index is 2.20. The molecule has 1 heterocycles. The number of amides is 1. The van der Waals surface area contributed by atoms with Crippen LogP contribution in [0.25, 0.3) is 0 Å². The van der Waals surface area contributed by atoms with Crippen molar-refractivity contribution < 1.29 is 41.0 Å². The number of aliphatic carboxylic acids is 1. The summed E-state index contributed by atoms with van der Waals surface area (Å²) >= 11 is 0. The van der Waals surface area contributed by atoms with Crippen LogP contribution in [0, 0.1) is 0 Å². The fourth-order valence-corrected chi connectivity index (χ4v) is 2.87. The number of alkyl halides is 6. The monoisotopic (exact) mass is 398 g/mol. The van der Waals surface area contributed by atoms with Crippen LogP contribution in [0.1, 0.15) is 30.4 Å². The van der Waals surface area contributed by atoms with E-state index in [-0.39, 0.29) is 6.07 Å². The Kier molecular flexibility index (Phi) is 6.03. The summed E-state index contributed by atoms with van der Waals surface area (Å²) in [6.45, 7) is -0.157. The molecule has 1 aliphatic heterocycles. The predicted molar refractivity (Wildman–Crippen MR) is 81.9 cm³/mol. The molecule has 0 aromatic heterocycles. The standard InChI is InChI=1S/C16H16F6N2O3/c17-15(18,19)9-5-10(16(20,21)22)7-11(6-9)23-13(25)8-24-4-2-1-3-12(24)14(26)27/h5-7,12H,1-4,8H2,(H,23,25)(H,26,27). The van der Waals surface area contributed by atoms with Gasteiger partial charge in [0.1, 0.15) is 6.04 Å². The van der Waals surface area contributed by atoms with Crippen molar-refractivity contribution in [2.45, 2.75) is 37.7 Å². The number of piperidine rings is 1. The highest BCUT2D eigenvalue weighted by molar-refractivity contribution is 5.92. The Morgan fingerprint density at radius 1 is 1.04 bits per heavy atom. The number of hydrogen-bond acceptors (Lipinski definition) is 3. The van der Waals surface area contributed by atoms with E-state index >= 15 is 0 Å². The van der Waals surface area contributed by atoms with Gasteiger partial charge in [-0.2, -0.15) is 26.3 Å². The molecule has 0 saturated carbocycles. The summed E-state index contributed by atoms with van der Waals surface area (Å²) in [7, 11) is 0. The molecule has 0 aliphatic carbocycles. The number of nitrogens with one attached hydrogen (secondary N) is 1. The first-order valence-corrected chi connectivity index (χ1v) is 7.94. The normalized spacial score (nSPS) is 19.0. The van der Waals surface area contributed by atoms with E-state index in [4.69, 9.17) is 5.11 Å². The molecule has 1 unspecified atom stereocenters. The largest absolute Gasteiger partial charge is 0.480 e. The van der Waals surface area contributed by atoms with Crippen molar-refractivity contribution >= 4 is 17.6 Å². The van der Waals surface area contributed by atoms with Gasteiger partial charge in [-0.05, 0) is 37.6 Å². The average molecular weight is 398 g/mol. The van der Waals surface area contributed by atoms with Crippen molar-refractivity contribution in [2.24, 2.45) is 0 Å². The van der Waals surface area contributed by atoms with Crippen LogP contribution in [0.2, 0.25) is 0 Å². The van der Waals surface area contributed by atoms with E-state index in [1.165, 1.54) is 4.90 Å². The quantitative estimate of drug-likeness (QED) is 0.761. The number of carbonyl (C=O) groups excluding carboxylic acids is 1. The highest BCUT2D eigenvalue weighted by atomic mass is 19.4. The number of carboxylic acids is 1. The molecule has 0 radical (unpaired) electrons. The zero-order valence-corrected chi connectivity index (χ0v) is 13.8. The van der Waals surface area contributed by atoms with Crippen LogP contribution in [0.4, 0.5) is 32.0 Å². The van der Waals surface area contributed by atoms with E-state index in [0.717, 1.165) is 0 Å². The Bertz CT molecular complexity index is 685. The van der Waals surface area contributed by atoms with E-state index in [1.54, 1.807) is 0 Å². The number of nitrogens with zero attached hydrogens (tertiary/aromatic N) is 1. The molecule has 1 aliphatic rings. The molecule has 1 aromatic carbocycles. The van der Waals surface area contributed by atoms with Gasteiger partial charge in [0.05, 0.1) is 17.7 Å². The number of hydrogen-bond donors (Lipinski definition) is 2. The molecule has 2 N–H and O–H groups in total. The van der Waals surface area contributed by atoms with Gasteiger partial charge in [-0.1, -0.05) is 6.42 Å². The summed E-state index contributed by atoms with van der Waals surface area (Å²) < 4.78 is 77.0. The Morgan fingerprint density at radius 3 is 2.07 bits per heavy atom. The third kappa shape index (κ3) is 5.59. The summed E-state index contributed by atoms with van der Waals surface area (Å²) in [6.07, 6.45) is -8.45. The molecular weight excluding hydrogens is 382 g/mol. The van der Waals surface area contributed by atoms with E-state index in [9.17, 15) is 35.9 Å². The first-order valence-electron chi connectivity index (χ1n) is 7.94. The first-order chi connectivity index (χ1) is 12.4. The number of rotatable bonds is 4. The Hall–Kier alpha value is -2.30. The topological polar surface area (TPSA) is 69.6 Å². The van der Waals surface area contributed by atoms with Crippen LogP contribution in [-0.4, -0.2) is 41.0 Å². The van der Waals surface area contributed by atoms with Crippen LogP contribution in [0.5, 0.6) is 0 Å².